The number of amides is 2. The van der Waals surface area contributed by atoms with Crippen LogP contribution in [-0.4, -0.2) is 67.8 Å². The van der Waals surface area contributed by atoms with Gasteiger partial charge in [-0.3, -0.25) is 9.59 Å². The van der Waals surface area contributed by atoms with E-state index in [-0.39, 0.29) is 35.8 Å². The molecule has 2 N–H and O–H groups in total. The maximum absolute atomic E-state index is 12.4. The van der Waals surface area contributed by atoms with Crippen molar-refractivity contribution in [2.75, 3.05) is 40.3 Å². The molecule has 0 aliphatic carbocycles. The quantitative estimate of drug-likeness (QED) is 0.324. The summed E-state index contributed by atoms with van der Waals surface area (Å²) in [4.78, 5) is 32.5. The number of aliphatic imine (C=N–C) groups is 1. The molecule has 1 unspecified atom stereocenters. The molecule has 0 aromatic heterocycles. The number of halogens is 1. The van der Waals surface area contributed by atoms with Crippen LogP contribution in [0.1, 0.15) is 49.0 Å². The van der Waals surface area contributed by atoms with Crippen LogP contribution in [0.25, 0.3) is 0 Å². The third-order valence-corrected chi connectivity index (χ3v) is 5.01. The van der Waals surface area contributed by atoms with Crippen molar-refractivity contribution in [2.45, 2.75) is 39.7 Å². The number of benzene rings is 1. The molecule has 1 aliphatic heterocycles. The van der Waals surface area contributed by atoms with Crippen LogP contribution in [0, 0.1) is 5.92 Å². The monoisotopic (exact) mass is 529 g/mol. The SMILES string of the molecule is CCNC(=NCc1ccc(C(=O)N(C)C)cc1)NCCC(=O)N1CCCC(C)C1.I. The van der Waals surface area contributed by atoms with Crippen molar-refractivity contribution in [3.63, 3.8) is 0 Å². The highest BCUT2D eigenvalue weighted by Crippen LogP contribution is 2.15. The fraction of sp³-hybridized carbons (Fsp3) is 0.591. The highest BCUT2D eigenvalue weighted by molar-refractivity contribution is 14.0. The van der Waals surface area contributed by atoms with Gasteiger partial charge < -0.3 is 20.4 Å². The Morgan fingerprint density at radius 1 is 1.20 bits per heavy atom. The molecule has 1 saturated heterocycles. The fourth-order valence-electron chi connectivity index (χ4n) is 3.38. The third kappa shape index (κ3) is 8.49. The van der Waals surface area contributed by atoms with Crippen molar-refractivity contribution in [1.82, 2.24) is 20.4 Å². The highest BCUT2D eigenvalue weighted by Gasteiger charge is 2.20. The number of rotatable bonds is 7. The Hall–Kier alpha value is -1.84. The minimum atomic E-state index is -0.0113. The first-order valence-corrected chi connectivity index (χ1v) is 10.5. The summed E-state index contributed by atoms with van der Waals surface area (Å²) in [6.07, 6.45) is 2.78. The number of likely N-dealkylation sites (tertiary alicyclic amines) is 1. The van der Waals surface area contributed by atoms with Gasteiger partial charge in [-0.1, -0.05) is 19.1 Å². The van der Waals surface area contributed by atoms with E-state index in [0.29, 0.717) is 37.0 Å². The van der Waals surface area contributed by atoms with Crippen LogP contribution in [0.15, 0.2) is 29.3 Å². The summed E-state index contributed by atoms with van der Waals surface area (Å²) in [5, 5.41) is 6.46. The first-order valence-electron chi connectivity index (χ1n) is 10.5. The second-order valence-corrected chi connectivity index (χ2v) is 7.86. The number of hydrogen-bond acceptors (Lipinski definition) is 3. The molecule has 2 amide bonds. The van der Waals surface area contributed by atoms with Crippen molar-refractivity contribution in [1.29, 1.82) is 0 Å². The first-order chi connectivity index (χ1) is 13.9. The summed E-state index contributed by atoms with van der Waals surface area (Å²) >= 11 is 0. The lowest BCUT2D eigenvalue weighted by atomic mass is 10.00. The molecular formula is C22H36IN5O2. The number of carbonyl (C=O) groups excluding carboxylic acids is 2. The topological polar surface area (TPSA) is 77.0 Å². The average Bonchev–Trinajstić information content (AvgIpc) is 2.71. The van der Waals surface area contributed by atoms with Gasteiger partial charge in [0.05, 0.1) is 6.54 Å². The zero-order valence-electron chi connectivity index (χ0n) is 18.6. The van der Waals surface area contributed by atoms with Gasteiger partial charge in [0.2, 0.25) is 5.91 Å². The van der Waals surface area contributed by atoms with E-state index < -0.39 is 0 Å². The number of carbonyl (C=O) groups is 2. The minimum Gasteiger partial charge on any atom is -0.357 e. The standard InChI is InChI=1S/C22H35N5O2.HI/c1-5-23-22(24-13-12-20(28)27-14-6-7-17(2)16-27)25-15-18-8-10-19(11-9-18)21(29)26(3)4;/h8-11,17H,5-7,12-16H2,1-4H3,(H2,23,24,25);1H. The fourth-order valence-corrected chi connectivity index (χ4v) is 3.38. The molecule has 168 valence electrons. The molecule has 0 spiro atoms. The second-order valence-electron chi connectivity index (χ2n) is 7.86. The molecule has 1 aromatic carbocycles. The van der Waals surface area contributed by atoms with E-state index in [2.05, 4.69) is 22.5 Å². The van der Waals surface area contributed by atoms with Crippen LogP contribution in [-0.2, 0) is 11.3 Å². The summed E-state index contributed by atoms with van der Waals surface area (Å²) in [6, 6.07) is 7.49. The van der Waals surface area contributed by atoms with Crippen LogP contribution in [0.2, 0.25) is 0 Å². The van der Waals surface area contributed by atoms with Gasteiger partial charge in [-0.25, -0.2) is 4.99 Å². The van der Waals surface area contributed by atoms with E-state index in [9.17, 15) is 9.59 Å². The van der Waals surface area contributed by atoms with Crippen LogP contribution in [0.3, 0.4) is 0 Å². The second kappa shape index (κ2) is 13.5. The van der Waals surface area contributed by atoms with E-state index in [1.165, 1.54) is 6.42 Å². The van der Waals surface area contributed by atoms with E-state index in [1.807, 2.05) is 36.1 Å². The predicted molar refractivity (Wildman–Crippen MR) is 132 cm³/mol. The Kier molecular flexibility index (Phi) is 11.8. The van der Waals surface area contributed by atoms with Gasteiger partial charge in [-0.15, -0.1) is 24.0 Å². The van der Waals surface area contributed by atoms with Crippen molar-refractivity contribution in [2.24, 2.45) is 10.9 Å². The number of guanidine groups is 1. The Balaban J connectivity index is 0.00000450. The zero-order chi connectivity index (χ0) is 21.2. The number of nitrogens with one attached hydrogen (secondary N) is 2. The molecule has 2 rings (SSSR count). The summed E-state index contributed by atoms with van der Waals surface area (Å²) < 4.78 is 0. The van der Waals surface area contributed by atoms with Crippen LogP contribution < -0.4 is 10.6 Å². The summed E-state index contributed by atoms with van der Waals surface area (Å²) in [7, 11) is 3.48. The predicted octanol–water partition coefficient (Wildman–Crippen LogP) is 2.71. The number of nitrogens with zero attached hydrogens (tertiary/aromatic N) is 3. The molecule has 0 radical (unpaired) electrons. The lowest BCUT2D eigenvalue weighted by Gasteiger charge is -2.31. The number of hydrogen-bond donors (Lipinski definition) is 2. The van der Waals surface area contributed by atoms with Crippen LogP contribution in [0.4, 0.5) is 0 Å². The molecule has 0 bridgehead atoms. The van der Waals surface area contributed by atoms with Gasteiger partial charge in [0.25, 0.3) is 5.91 Å². The third-order valence-electron chi connectivity index (χ3n) is 5.01. The van der Waals surface area contributed by atoms with Gasteiger partial charge in [0, 0.05) is 52.3 Å². The van der Waals surface area contributed by atoms with E-state index in [4.69, 9.17) is 0 Å². The van der Waals surface area contributed by atoms with Gasteiger partial charge in [-0.2, -0.15) is 0 Å². The smallest absolute Gasteiger partial charge is 0.253 e. The molecule has 1 aromatic rings. The number of piperidine rings is 1. The van der Waals surface area contributed by atoms with E-state index in [0.717, 1.165) is 31.6 Å². The molecule has 7 nitrogen and oxygen atoms in total. The molecule has 1 aliphatic rings. The molecule has 0 saturated carbocycles. The van der Waals surface area contributed by atoms with Crippen LogP contribution in [0.5, 0.6) is 0 Å². The average molecular weight is 529 g/mol. The Bertz CT molecular complexity index is 706. The van der Waals surface area contributed by atoms with E-state index >= 15 is 0 Å². The molecule has 1 fully saturated rings. The summed E-state index contributed by atoms with van der Waals surface area (Å²) in [5.41, 5.74) is 1.69. The summed E-state index contributed by atoms with van der Waals surface area (Å²) in [5.74, 6) is 1.49. The Labute approximate surface area is 197 Å². The normalized spacial score (nSPS) is 16.5. The maximum Gasteiger partial charge on any atom is 0.253 e. The molecule has 30 heavy (non-hydrogen) atoms. The molecule has 1 atom stereocenters. The van der Waals surface area contributed by atoms with E-state index in [1.54, 1.807) is 19.0 Å². The van der Waals surface area contributed by atoms with Gasteiger partial charge in [0.1, 0.15) is 0 Å². The van der Waals surface area contributed by atoms with Crippen molar-refractivity contribution < 1.29 is 9.59 Å². The van der Waals surface area contributed by atoms with Gasteiger partial charge >= 0.3 is 0 Å². The van der Waals surface area contributed by atoms with Gasteiger partial charge in [0.15, 0.2) is 5.96 Å². The molecule has 8 heteroatoms. The van der Waals surface area contributed by atoms with Crippen molar-refractivity contribution in [3.05, 3.63) is 35.4 Å². The van der Waals surface area contributed by atoms with Crippen molar-refractivity contribution in [3.8, 4) is 0 Å². The lowest BCUT2D eigenvalue weighted by Crippen LogP contribution is -2.42. The largest absolute Gasteiger partial charge is 0.357 e. The highest BCUT2D eigenvalue weighted by atomic mass is 127. The zero-order valence-corrected chi connectivity index (χ0v) is 20.9. The van der Waals surface area contributed by atoms with Crippen molar-refractivity contribution >= 4 is 41.8 Å². The van der Waals surface area contributed by atoms with Gasteiger partial charge in [-0.05, 0) is 43.4 Å². The minimum absolute atomic E-state index is 0. The molecular weight excluding hydrogens is 493 g/mol. The first kappa shape index (κ1) is 26.2. The maximum atomic E-state index is 12.4. The Morgan fingerprint density at radius 2 is 1.90 bits per heavy atom. The Morgan fingerprint density at radius 3 is 2.50 bits per heavy atom. The molecule has 1 heterocycles. The lowest BCUT2D eigenvalue weighted by molar-refractivity contribution is -0.132. The van der Waals surface area contributed by atoms with Crippen LogP contribution >= 0.6 is 24.0 Å². The summed E-state index contributed by atoms with van der Waals surface area (Å²) in [6.45, 7) is 7.79.